The number of carbonyl (C=O) groups excluding carboxylic acids is 3. The number of pyridine rings is 1. The Kier molecular flexibility index (Phi) is 4.00. The number of furan rings is 1. The molecule has 1 atom stereocenters. The molecule has 0 aliphatic heterocycles. The predicted molar refractivity (Wildman–Crippen MR) is 77.9 cm³/mol. The highest BCUT2D eigenvalue weighted by Gasteiger charge is 2.39. The molecule has 8 heteroatoms. The van der Waals surface area contributed by atoms with E-state index in [0.717, 1.165) is 0 Å². The molecule has 0 aromatic carbocycles. The molecule has 0 bridgehead atoms. The number of aromatic nitrogens is 1. The molecule has 24 heavy (non-hydrogen) atoms. The second kappa shape index (κ2) is 5.99. The summed E-state index contributed by atoms with van der Waals surface area (Å²) in [6.07, 6.45) is 0.133. The maximum atomic E-state index is 12.6. The summed E-state index contributed by atoms with van der Waals surface area (Å²) in [6, 6.07) is 2.98. The second-order valence-electron chi connectivity index (χ2n) is 5.23. The Balaban J connectivity index is 2.03. The minimum absolute atomic E-state index is 0.0537. The van der Waals surface area contributed by atoms with Gasteiger partial charge in [-0.05, 0) is 19.1 Å². The molecule has 1 unspecified atom stereocenters. The molecule has 0 saturated heterocycles. The van der Waals surface area contributed by atoms with E-state index in [1.807, 2.05) is 0 Å². The van der Waals surface area contributed by atoms with E-state index in [1.54, 1.807) is 0 Å². The Morgan fingerprint density at radius 1 is 1.38 bits per heavy atom. The van der Waals surface area contributed by atoms with Crippen LogP contribution in [0.25, 0.3) is 0 Å². The average Bonchev–Trinajstić information content (AvgIpc) is 2.95. The van der Waals surface area contributed by atoms with Gasteiger partial charge in [0.25, 0.3) is 0 Å². The Hall–Kier alpha value is -2.84. The highest BCUT2D eigenvalue weighted by molar-refractivity contribution is 6.29. The molecule has 2 heterocycles. The standard InChI is InChI=1S/C16H13NO7/c1-7-10(16(22)23-6-8(19)5-18)11-14(21)12-9(3-2-4-17-12)13(20)15(11)24-7/h2-4,8,18-19H,5-6H2,1H3. The van der Waals surface area contributed by atoms with Crippen LogP contribution in [0.15, 0.2) is 22.7 Å². The van der Waals surface area contributed by atoms with E-state index in [1.165, 1.54) is 25.3 Å². The molecule has 0 fully saturated rings. The summed E-state index contributed by atoms with van der Waals surface area (Å²) in [5, 5.41) is 18.0. The summed E-state index contributed by atoms with van der Waals surface area (Å²) < 4.78 is 10.2. The van der Waals surface area contributed by atoms with Crippen molar-refractivity contribution in [3.63, 3.8) is 0 Å². The molecule has 0 spiro atoms. The lowest BCUT2D eigenvalue weighted by Crippen LogP contribution is -2.25. The molecule has 0 radical (unpaired) electrons. The minimum Gasteiger partial charge on any atom is -0.459 e. The first-order chi connectivity index (χ1) is 11.5. The molecule has 2 aromatic rings. The number of fused-ring (bicyclic) bond motifs is 2. The average molecular weight is 331 g/mol. The number of hydrogen-bond acceptors (Lipinski definition) is 8. The zero-order valence-electron chi connectivity index (χ0n) is 12.6. The molecular weight excluding hydrogens is 318 g/mol. The molecule has 0 amide bonds. The molecule has 1 aliphatic rings. The largest absolute Gasteiger partial charge is 0.459 e. The van der Waals surface area contributed by atoms with Crippen molar-refractivity contribution in [1.29, 1.82) is 0 Å². The number of ether oxygens (including phenoxy) is 1. The van der Waals surface area contributed by atoms with E-state index in [0.29, 0.717) is 0 Å². The summed E-state index contributed by atoms with van der Waals surface area (Å²) >= 11 is 0. The first-order valence-electron chi connectivity index (χ1n) is 7.09. The van der Waals surface area contributed by atoms with Crippen LogP contribution in [-0.2, 0) is 4.74 Å². The van der Waals surface area contributed by atoms with E-state index in [-0.39, 0.29) is 33.9 Å². The van der Waals surface area contributed by atoms with Crippen LogP contribution in [0.4, 0.5) is 0 Å². The molecule has 2 N–H and O–H groups in total. The van der Waals surface area contributed by atoms with Gasteiger partial charge in [-0.1, -0.05) is 0 Å². The van der Waals surface area contributed by atoms with Gasteiger partial charge in [-0.2, -0.15) is 0 Å². The van der Waals surface area contributed by atoms with Crippen LogP contribution in [0.3, 0.4) is 0 Å². The topological polar surface area (TPSA) is 127 Å². The first kappa shape index (κ1) is 16.0. The van der Waals surface area contributed by atoms with E-state index >= 15 is 0 Å². The van der Waals surface area contributed by atoms with Gasteiger partial charge >= 0.3 is 5.97 Å². The van der Waals surface area contributed by atoms with Crippen molar-refractivity contribution in [3.8, 4) is 0 Å². The SMILES string of the molecule is Cc1oc2c(c1C(=O)OCC(O)CO)C(=O)c1ncccc1C2=O. The molecule has 0 saturated carbocycles. The normalized spacial score (nSPS) is 14.1. The molecule has 2 aromatic heterocycles. The van der Waals surface area contributed by atoms with E-state index in [9.17, 15) is 19.5 Å². The Labute approximate surface area is 135 Å². The smallest absolute Gasteiger partial charge is 0.342 e. The van der Waals surface area contributed by atoms with Gasteiger partial charge in [0, 0.05) is 6.20 Å². The number of nitrogens with zero attached hydrogens (tertiary/aromatic N) is 1. The van der Waals surface area contributed by atoms with Crippen molar-refractivity contribution in [2.75, 3.05) is 13.2 Å². The number of carbonyl (C=O) groups is 3. The van der Waals surface area contributed by atoms with Crippen molar-refractivity contribution >= 4 is 17.5 Å². The van der Waals surface area contributed by atoms with Crippen molar-refractivity contribution in [3.05, 3.63) is 52.2 Å². The van der Waals surface area contributed by atoms with Crippen molar-refractivity contribution in [2.24, 2.45) is 0 Å². The number of aliphatic hydroxyl groups excluding tert-OH is 2. The summed E-state index contributed by atoms with van der Waals surface area (Å²) in [7, 11) is 0. The van der Waals surface area contributed by atoms with Crippen LogP contribution >= 0.6 is 0 Å². The summed E-state index contributed by atoms with van der Waals surface area (Å²) in [6.45, 7) is 0.395. The van der Waals surface area contributed by atoms with Gasteiger partial charge in [-0.3, -0.25) is 14.6 Å². The van der Waals surface area contributed by atoms with Gasteiger partial charge in [-0.15, -0.1) is 0 Å². The molecule has 3 rings (SSSR count). The summed E-state index contributed by atoms with van der Waals surface area (Å²) in [5.74, 6) is -2.24. The lowest BCUT2D eigenvalue weighted by molar-refractivity contribution is 0.00912. The van der Waals surface area contributed by atoms with Gasteiger partial charge in [0.2, 0.25) is 11.6 Å². The Morgan fingerprint density at radius 3 is 2.83 bits per heavy atom. The number of esters is 1. The lowest BCUT2D eigenvalue weighted by Gasteiger charge is -2.13. The maximum Gasteiger partial charge on any atom is 0.342 e. The highest BCUT2D eigenvalue weighted by Crippen LogP contribution is 2.32. The number of hydrogen-bond donors (Lipinski definition) is 2. The fraction of sp³-hybridized carbons (Fsp3) is 0.250. The molecule has 1 aliphatic carbocycles. The number of aryl methyl sites for hydroxylation is 1. The van der Waals surface area contributed by atoms with Crippen LogP contribution in [0, 0.1) is 6.92 Å². The van der Waals surface area contributed by atoms with Gasteiger partial charge < -0.3 is 19.4 Å². The van der Waals surface area contributed by atoms with E-state index in [2.05, 4.69) is 4.98 Å². The van der Waals surface area contributed by atoms with Crippen molar-refractivity contribution in [2.45, 2.75) is 13.0 Å². The monoisotopic (exact) mass is 331 g/mol. The summed E-state index contributed by atoms with van der Waals surface area (Å²) in [5.41, 5.74) is -0.309. The summed E-state index contributed by atoms with van der Waals surface area (Å²) in [4.78, 5) is 41.2. The number of rotatable bonds is 4. The molecule has 8 nitrogen and oxygen atoms in total. The Morgan fingerprint density at radius 2 is 2.12 bits per heavy atom. The van der Waals surface area contributed by atoms with Gasteiger partial charge in [0.05, 0.1) is 17.7 Å². The third-order valence-corrected chi connectivity index (χ3v) is 3.61. The second-order valence-corrected chi connectivity index (χ2v) is 5.23. The maximum absolute atomic E-state index is 12.6. The van der Waals surface area contributed by atoms with Gasteiger partial charge in [0.1, 0.15) is 29.7 Å². The zero-order valence-corrected chi connectivity index (χ0v) is 12.6. The predicted octanol–water partition coefficient (Wildman–Crippen LogP) is 0.268. The van der Waals surface area contributed by atoms with Crippen LogP contribution in [-0.4, -0.2) is 52.1 Å². The van der Waals surface area contributed by atoms with Gasteiger partial charge in [0.15, 0.2) is 5.76 Å². The van der Waals surface area contributed by atoms with Crippen LogP contribution < -0.4 is 0 Å². The molecular formula is C16H13NO7. The van der Waals surface area contributed by atoms with Crippen molar-refractivity contribution < 1.29 is 33.8 Å². The van der Waals surface area contributed by atoms with E-state index in [4.69, 9.17) is 14.3 Å². The number of ketones is 2. The zero-order chi connectivity index (χ0) is 17.4. The Bertz CT molecular complexity index is 852. The third kappa shape index (κ3) is 2.41. The highest BCUT2D eigenvalue weighted by atomic mass is 16.5. The molecule has 124 valence electrons. The van der Waals surface area contributed by atoms with Gasteiger partial charge in [-0.25, -0.2) is 4.79 Å². The van der Waals surface area contributed by atoms with E-state index < -0.39 is 36.9 Å². The minimum atomic E-state index is -1.24. The first-order valence-corrected chi connectivity index (χ1v) is 7.09. The van der Waals surface area contributed by atoms with Crippen molar-refractivity contribution in [1.82, 2.24) is 4.98 Å². The third-order valence-electron chi connectivity index (χ3n) is 3.61. The van der Waals surface area contributed by atoms with Crippen LogP contribution in [0.5, 0.6) is 0 Å². The fourth-order valence-corrected chi connectivity index (χ4v) is 2.47. The fourth-order valence-electron chi connectivity index (χ4n) is 2.47. The van der Waals surface area contributed by atoms with Crippen LogP contribution in [0.1, 0.15) is 48.3 Å². The number of aliphatic hydroxyl groups is 2. The lowest BCUT2D eigenvalue weighted by atomic mass is 9.90. The quantitative estimate of drug-likeness (QED) is 0.652. The van der Waals surface area contributed by atoms with Crippen LogP contribution in [0.2, 0.25) is 0 Å².